The summed E-state index contributed by atoms with van der Waals surface area (Å²) in [5, 5.41) is 21.2. The maximum atomic E-state index is 10.1. The van der Waals surface area contributed by atoms with E-state index in [4.69, 9.17) is 23.2 Å². The molecule has 2 rings (SSSR count). The highest BCUT2D eigenvalue weighted by molar-refractivity contribution is 6.32. The van der Waals surface area contributed by atoms with Crippen molar-refractivity contribution in [2.24, 2.45) is 0 Å². The first-order valence-corrected chi connectivity index (χ1v) is 6.15. The Kier molecular flexibility index (Phi) is 3.42. The number of halogens is 2. The number of phenols is 2. The molecule has 0 radical (unpaired) electrons. The average Bonchev–Trinajstić information content (AvgIpc) is 2.35. The zero-order valence-electron chi connectivity index (χ0n) is 9.96. The van der Waals surface area contributed by atoms with Crippen LogP contribution in [0.15, 0.2) is 24.3 Å². The minimum atomic E-state index is 0.0690. The van der Waals surface area contributed by atoms with Crippen LogP contribution in [0.25, 0.3) is 11.1 Å². The molecular formula is C14H12Cl2O2. The van der Waals surface area contributed by atoms with Gasteiger partial charge >= 0.3 is 0 Å². The SMILES string of the molecule is Cc1c(Cl)ccc(-c2ccc(Cl)c(C)c2O)c1O. The molecule has 0 amide bonds. The molecule has 0 aliphatic heterocycles. The van der Waals surface area contributed by atoms with E-state index in [0.717, 1.165) is 0 Å². The molecule has 2 N–H and O–H groups in total. The monoisotopic (exact) mass is 282 g/mol. The summed E-state index contributed by atoms with van der Waals surface area (Å²) in [6.45, 7) is 3.45. The molecule has 94 valence electrons. The molecule has 0 heterocycles. The Morgan fingerprint density at radius 1 is 0.722 bits per heavy atom. The van der Waals surface area contributed by atoms with Crippen molar-refractivity contribution >= 4 is 23.2 Å². The summed E-state index contributed by atoms with van der Waals surface area (Å²) in [6, 6.07) is 6.73. The summed E-state index contributed by atoms with van der Waals surface area (Å²) in [5.41, 5.74) is 2.24. The van der Waals surface area contributed by atoms with Gasteiger partial charge in [0.15, 0.2) is 0 Å². The van der Waals surface area contributed by atoms with Crippen molar-refractivity contribution in [2.75, 3.05) is 0 Å². The van der Waals surface area contributed by atoms with Crippen LogP contribution in [0.4, 0.5) is 0 Å². The Balaban J connectivity index is 2.71. The van der Waals surface area contributed by atoms with E-state index in [1.807, 2.05) is 0 Å². The van der Waals surface area contributed by atoms with E-state index in [1.165, 1.54) is 0 Å². The second-order valence-corrected chi connectivity index (χ2v) is 4.95. The lowest BCUT2D eigenvalue weighted by Crippen LogP contribution is -1.87. The van der Waals surface area contributed by atoms with Crippen LogP contribution in [0, 0.1) is 13.8 Å². The molecule has 4 heteroatoms. The first-order chi connectivity index (χ1) is 8.43. The summed E-state index contributed by atoms with van der Waals surface area (Å²) in [5.74, 6) is 0.138. The van der Waals surface area contributed by atoms with Crippen LogP contribution in [-0.2, 0) is 0 Å². The fourth-order valence-corrected chi connectivity index (χ4v) is 2.09. The number of aromatic hydroxyl groups is 2. The second kappa shape index (κ2) is 4.71. The van der Waals surface area contributed by atoms with Crippen molar-refractivity contribution in [1.82, 2.24) is 0 Å². The summed E-state index contributed by atoms with van der Waals surface area (Å²) in [6.07, 6.45) is 0. The number of hydrogen-bond donors (Lipinski definition) is 2. The summed E-state index contributed by atoms with van der Waals surface area (Å²) in [7, 11) is 0. The number of hydrogen-bond acceptors (Lipinski definition) is 2. The largest absolute Gasteiger partial charge is 0.507 e. The third kappa shape index (κ3) is 2.02. The molecule has 0 saturated carbocycles. The molecule has 0 unspecified atom stereocenters. The van der Waals surface area contributed by atoms with Gasteiger partial charge in [0.1, 0.15) is 11.5 Å². The fourth-order valence-electron chi connectivity index (χ4n) is 1.79. The van der Waals surface area contributed by atoms with Gasteiger partial charge in [-0.05, 0) is 38.1 Å². The zero-order chi connectivity index (χ0) is 13.4. The van der Waals surface area contributed by atoms with Gasteiger partial charge in [-0.3, -0.25) is 0 Å². The van der Waals surface area contributed by atoms with Gasteiger partial charge in [-0.15, -0.1) is 0 Å². The third-order valence-corrected chi connectivity index (χ3v) is 3.84. The van der Waals surface area contributed by atoms with Gasteiger partial charge < -0.3 is 10.2 Å². The highest BCUT2D eigenvalue weighted by Crippen LogP contribution is 2.42. The van der Waals surface area contributed by atoms with Gasteiger partial charge in [-0.25, -0.2) is 0 Å². The van der Waals surface area contributed by atoms with Crippen LogP contribution < -0.4 is 0 Å². The first-order valence-electron chi connectivity index (χ1n) is 5.40. The average molecular weight is 283 g/mol. The van der Waals surface area contributed by atoms with Crippen molar-refractivity contribution in [1.29, 1.82) is 0 Å². The van der Waals surface area contributed by atoms with E-state index in [1.54, 1.807) is 38.1 Å². The predicted molar refractivity (Wildman–Crippen MR) is 74.7 cm³/mol. The summed E-state index contributed by atoms with van der Waals surface area (Å²) < 4.78 is 0. The van der Waals surface area contributed by atoms with E-state index < -0.39 is 0 Å². The maximum Gasteiger partial charge on any atom is 0.127 e. The van der Waals surface area contributed by atoms with E-state index in [9.17, 15) is 10.2 Å². The first kappa shape index (κ1) is 13.1. The van der Waals surface area contributed by atoms with Crippen molar-refractivity contribution in [3.05, 3.63) is 45.4 Å². The van der Waals surface area contributed by atoms with Crippen molar-refractivity contribution in [3.8, 4) is 22.6 Å². The van der Waals surface area contributed by atoms with E-state index >= 15 is 0 Å². The van der Waals surface area contributed by atoms with Gasteiger partial charge in [-0.1, -0.05) is 23.2 Å². The number of benzene rings is 2. The van der Waals surface area contributed by atoms with E-state index in [0.29, 0.717) is 32.3 Å². The van der Waals surface area contributed by atoms with Gasteiger partial charge in [0.2, 0.25) is 0 Å². The van der Waals surface area contributed by atoms with E-state index in [2.05, 4.69) is 0 Å². The molecule has 2 nitrogen and oxygen atoms in total. The summed E-state index contributed by atoms with van der Waals surface area (Å²) in [4.78, 5) is 0. The number of rotatable bonds is 1. The topological polar surface area (TPSA) is 40.5 Å². The van der Waals surface area contributed by atoms with Crippen molar-refractivity contribution in [3.63, 3.8) is 0 Å². The Hall–Kier alpha value is -1.38. The number of phenolic OH excluding ortho intramolecular Hbond substituents is 2. The Morgan fingerprint density at radius 3 is 1.39 bits per heavy atom. The van der Waals surface area contributed by atoms with Gasteiger partial charge in [-0.2, -0.15) is 0 Å². The molecule has 0 atom stereocenters. The molecule has 2 aromatic rings. The zero-order valence-corrected chi connectivity index (χ0v) is 11.5. The van der Waals surface area contributed by atoms with Gasteiger partial charge in [0, 0.05) is 32.3 Å². The Bertz CT molecular complexity index is 566. The minimum Gasteiger partial charge on any atom is -0.507 e. The lowest BCUT2D eigenvalue weighted by Gasteiger charge is -2.12. The maximum absolute atomic E-state index is 10.1. The van der Waals surface area contributed by atoms with Gasteiger partial charge in [0.25, 0.3) is 0 Å². The molecule has 0 aromatic heterocycles. The molecule has 0 aliphatic carbocycles. The standard InChI is InChI=1S/C14H12Cl2O2/c1-7-11(15)5-3-9(13(7)17)10-4-6-12(16)8(2)14(10)18/h3-6,17-18H,1-2H3. The van der Waals surface area contributed by atoms with Crippen LogP contribution in [0.2, 0.25) is 10.0 Å². The second-order valence-electron chi connectivity index (χ2n) is 4.14. The Labute approximate surface area is 115 Å². The molecule has 18 heavy (non-hydrogen) atoms. The molecule has 0 aliphatic rings. The third-order valence-electron chi connectivity index (χ3n) is 3.02. The minimum absolute atomic E-state index is 0.0690. The molecule has 0 spiro atoms. The van der Waals surface area contributed by atoms with Crippen LogP contribution in [0.1, 0.15) is 11.1 Å². The van der Waals surface area contributed by atoms with Crippen LogP contribution in [-0.4, -0.2) is 10.2 Å². The summed E-state index contributed by atoms with van der Waals surface area (Å²) >= 11 is 11.9. The quantitative estimate of drug-likeness (QED) is 0.797. The smallest absolute Gasteiger partial charge is 0.127 e. The lowest BCUT2D eigenvalue weighted by atomic mass is 9.99. The Morgan fingerprint density at radius 2 is 1.06 bits per heavy atom. The van der Waals surface area contributed by atoms with Crippen LogP contribution in [0.5, 0.6) is 11.5 Å². The predicted octanol–water partition coefficient (Wildman–Crippen LogP) is 4.69. The van der Waals surface area contributed by atoms with Crippen LogP contribution in [0.3, 0.4) is 0 Å². The molecular weight excluding hydrogens is 271 g/mol. The molecule has 0 saturated heterocycles. The van der Waals surface area contributed by atoms with E-state index in [-0.39, 0.29) is 11.5 Å². The molecule has 0 bridgehead atoms. The normalized spacial score (nSPS) is 10.7. The van der Waals surface area contributed by atoms with Crippen molar-refractivity contribution < 1.29 is 10.2 Å². The molecule has 2 aromatic carbocycles. The van der Waals surface area contributed by atoms with Crippen molar-refractivity contribution in [2.45, 2.75) is 13.8 Å². The van der Waals surface area contributed by atoms with Crippen LogP contribution >= 0.6 is 23.2 Å². The highest BCUT2D eigenvalue weighted by atomic mass is 35.5. The fraction of sp³-hybridized carbons (Fsp3) is 0.143. The lowest BCUT2D eigenvalue weighted by molar-refractivity contribution is 0.465. The molecule has 0 fully saturated rings. The van der Waals surface area contributed by atoms with Gasteiger partial charge in [0.05, 0.1) is 0 Å². The highest BCUT2D eigenvalue weighted by Gasteiger charge is 2.15.